The summed E-state index contributed by atoms with van der Waals surface area (Å²) in [6, 6.07) is 8.40. The Morgan fingerprint density at radius 3 is 2.39 bits per heavy atom. The van der Waals surface area contributed by atoms with Gasteiger partial charge in [0.05, 0.1) is 6.04 Å². The molecule has 96 valence electrons. The van der Waals surface area contributed by atoms with Gasteiger partial charge in [-0.05, 0) is 18.4 Å². The molecule has 0 saturated carbocycles. The van der Waals surface area contributed by atoms with Gasteiger partial charge in [-0.2, -0.15) is 0 Å². The molecule has 1 fully saturated rings. The molecule has 0 radical (unpaired) electrons. The minimum atomic E-state index is -0.894. The van der Waals surface area contributed by atoms with E-state index in [9.17, 15) is 9.59 Å². The average Bonchev–Trinajstić information content (AvgIpc) is 2.74. The summed E-state index contributed by atoms with van der Waals surface area (Å²) in [4.78, 5) is 24.2. The Labute approximate surface area is 105 Å². The largest absolute Gasteiger partial charge is 0.480 e. The van der Waals surface area contributed by atoms with E-state index in [1.165, 1.54) is 0 Å². The van der Waals surface area contributed by atoms with Crippen molar-refractivity contribution in [3.05, 3.63) is 35.9 Å². The Morgan fingerprint density at radius 2 is 1.83 bits per heavy atom. The van der Waals surface area contributed by atoms with Crippen LogP contribution in [-0.2, 0) is 16.1 Å². The topological polar surface area (TPSA) is 83.6 Å². The van der Waals surface area contributed by atoms with Crippen LogP contribution in [-0.4, -0.2) is 34.0 Å². The summed E-state index contributed by atoms with van der Waals surface area (Å²) in [7, 11) is 0. The van der Waals surface area contributed by atoms with E-state index in [-0.39, 0.29) is 0 Å². The van der Waals surface area contributed by atoms with Crippen molar-refractivity contribution in [3.8, 4) is 0 Å². The number of hydrogen-bond acceptors (Lipinski definition) is 3. The minimum Gasteiger partial charge on any atom is -0.480 e. The molecule has 2 rings (SSSR count). The van der Waals surface area contributed by atoms with Crippen LogP contribution in [0.4, 0.5) is 0 Å². The first kappa shape index (κ1) is 12.6. The molecule has 1 aliphatic rings. The lowest BCUT2D eigenvalue weighted by Gasteiger charge is -2.26. The SMILES string of the molecule is NC(=O)[C@H]1CC[C@@H](C(=O)O)N1Cc1ccccc1. The first-order valence-corrected chi connectivity index (χ1v) is 5.91. The zero-order valence-electron chi connectivity index (χ0n) is 9.95. The standard InChI is InChI=1S/C13H16N2O3/c14-12(16)10-6-7-11(13(17)18)15(10)8-9-4-2-1-3-5-9/h1-5,10-11H,6-8H2,(H2,14,16)(H,17,18)/t10-,11+/m1/s1. The monoisotopic (exact) mass is 248 g/mol. The molecule has 2 atom stereocenters. The van der Waals surface area contributed by atoms with E-state index in [2.05, 4.69) is 0 Å². The number of carboxylic acid groups (broad SMARTS) is 1. The first-order chi connectivity index (χ1) is 8.59. The predicted octanol–water partition coefficient (Wildman–Crippen LogP) is 0.589. The van der Waals surface area contributed by atoms with Gasteiger partial charge in [0.15, 0.2) is 0 Å². The third-order valence-electron chi connectivity index (χ3n) is 3.34. The number of nitrogens with zero attached hydrogens (tertiary/aromatic N) is 1. The number of carboxylic acids is 1. The molecular weight excluding hydrogens is 232 g/mol. The highest BCUT2D eigenvalue weighted by Gasteiger charge is 2.40. The summed E-state index contributed by atoms with van der Waals surface area (Å²) < 4.78 is 0. The number of benzene rings is 1. The molecule has 0 aromatic heterocycles. The van der Waals surface area contributed by atoms with Gasteiger partial charge in [0, 0.05) is 6.54 Å². The predicted molar refractivity (Wildman–Crippen MR) is 65.6 cm³/mol. The third-order valence-corrected chi connectivity index (χ3v) is 3.34. The highest BCUT2D eigenvalue weighted by atomic mass is 16.4. The molecule has 0 spiro atoms. The van der Waals surface area contributed by atoms with Crippen LogP contribution in [0.25, 0.3) is 0 Å². The van der Waals surface area contributed by atoms with Crippen LogP contribution in [0, 0.1) is 0 Å². The smallest absolute Gasteiger partial charge is 0.320 e. The molecule has 1 aromatic rings. The highest BCUT2D eigenvalue weighted by molar-refractivity contribution is 5.83. The zero-order valence-corrected chi connectivity index (χ0v) is 9.95. The number of nitrogens with two attached hydrogens (primary N) is 1. The fraction of sp³-hybridized carbons (Fsp3) is 0.385. The lowest BCUT2D eigenvalue weighted by atomic mass is 10.1. The maximum atomic E-state index is 11.4. The van der Waals surface area contributed by atoms with Crippen molar-refractivity contribution in [1.82, 2.24) is 4.90 Å². The summed E-state index contributed by atoms with van der Waals surface area (Å²) in [5.74, 6) is -1.34. The number of rotatable bonds is 4. The van der Waals surface area contributed by atoms with Crippen molar-refractivity contribution in [2.75, 3.05) is 0 Å². The molecule has 0 bridgehead atoms. The second-order valence-corrected chi connectivity index (χ2v) is 4.51. The lowest BCUT2D eigenvalue weighted by Crippen LogP contribution is -2.45. The Bertz CT molecular complexity index is 425. The van der Waals surface area contributed by atoms with E-state index in [1.807, 2.05) is 30.3 Å². The number of aliphatic carboxylic acids is 1. The van der Waals surface area contributed by atoms with Gasteiger partial charge in [-0.3, -0.25) is 14.5 Å². The maximum absolute atomic E-state index is 11.4. The van der Waals surface area contributed by atoms with E-state index in [0.29, 0.717) is 19.4 Å². The number of carbonyl (C=O) groups is 2. The Kier molecular flexibility index (Phi) is 3.62. The highest BCUT2D eigenvalue weighted by Crippen LogP contribution is 2.26. The van der Waals surface area contributed by atoms with Crippen molar-refractivity contribution in [2.24, 2.45) is 5.73 Å². The quantitative estimate of drug-likeness (QED) is 0.816. The molecule has 1 aliphatic heterocycles. The Balaban J connectivity index is 2.19. The first-order valence-electron chi connectivity index (χ1n) is 5.91. The van der Waals surface area contributed by atoms with Crippen molar-refractivity contribution < 1.29 is 14.7 Å². The summed E-state index contributed by atoms with van der Waals surface area (Å²) in [5, 5.41) is 9.17. The van der Waals surface area contributed by atoms with Crippen molar-refractivity contribution >= 4 is 11.9 Å². The Hall–Kier alpha value is -1.88. The van der Waals surface area contributed by atoms with E-state index in [1.54, 1.807) is 4.90 Å². The normalized spacial score (nSPS) is 24.0. The molecule has 0 aliphatic carbocycles. The number of hydrogen-bond donors (Lipinski definition) is 2. The van der Waals surface area contributed by atoms with E-state index in [4.69, 9.17) is 10.8 Å². The number of amides is 1. The molecule has 1 amide bonds. The van der Waals surface area contributed by atoms with E-state index < -0.39 is 24.0 Å². The fourth-order valence-electron chi connectivity index (χ4n) is 2.45. The van der Waals surface area contributed by atoms with Gasteiger partial charge in [-0.25, -0.2) is 0 Å². The molecular formula is C13H16N2O3. The molecule has 3 N–H and O–H groups in total. The second-order valence-electron chi connectivity index (χ2n) is 4.51. The van der Waals surface area contributed by atoms with Crippen molar-refractivity contribution in [2.45, 2.75) is 31.5 Å². The maximum Gasteiger partial charge on any atom is 0.320 e. The summed E-state index contributed by atoms with van der Waals surface area (Å²) in [5.41, 5.74) is 6.31. The molecule has 1 aromatic carbocycles. The van der Waals surface area contributed by atoms with Crippen LogP contribution in [0.1, 0.15) is 18.4 Å². The molecule has 1 heterocycles. The van der Waals surface area contributed by atoms with Crippen LogP contribution in [0.15, 0.2) is 30.3 Å². The van der Waals surface area contributed by atoms with Gasteiger partial charge in [0.2, 0.25) is 5.91 Å². The van der Waals surface area contributed by atoms with Crippen molar-refractivity contribution in [1.29, 1.82) is 0 Å². The van der Waals surface area contributed by atoms with Crippen molar-refractivity contribution in [3.63, 3.8) is 0 Å². The van der Waals surface area contributed by atoms with Gasteiger partial charge in [-0.1, -0.05) is 30.3 Å². The lowest BCUT2D eigenvalue weighted by molar-refractivity contribution is -0.143. The molecule has 5 nitrogen and oxygen atoms in total. The van der Waals surface area contributed by atoms with E-state index in [0.717, 1.165) is 5.56 Å². The van der Waals surface area contributed by atoms with Gasteiger partial charge < -0.3 is 10.8 Å². The number of primary amides is 1. The van der Waals surface area contributed by atoms with Crippen LogP contribution < -0.4 is 5.73 Å². The van der Waals surface area contributed by atoms with E-state index >= 15 is 0 Å². The number of carbonyl (C=O) groups excluding carboxylic acids is 1. The summed E-state index contributed by atoms with van der Waals surface area (Å²) in [6.07, 6.45) is 0.981. The molecule has 18 heavy (non-hydrogen) atoms. The summed E-state index contributed by atoms with van der Waals surface area (Å²) in [6.45, 7) is 0.436. The van der Waals surface area contributed by atoms with Crippen LogP contribution >= 0.6 is 0 Å². The molecule has 0 unspecified atom stereocenters. The average molecular weight is 248 g/mol. The fourth-order valence-corrected chi connectivity index (χ4v) is 2.45. The van der Waals surface area contributed by atoms with Gasteiger partial charge in [-0.15, -0.1) is 0 Å². The van der Waals surface area contributed by atoms with Crippen LogP contribution in [0.2, 0.25) is 0 Å². The van der Waals surface area contributed by atoms with Gasteiger partial charge in [0.25, 0.3) is 0 Å². The zero-order chi connectivity index (χ0) is 13.1. The minimum absolute atomic E-state index is 0.436. The summed E-state index contributed by atoms with van der Waals surface area (Å²) >= 11 is 0. The van der Waals surface area contributed by atoms with Gasteiger partial charge in [0.1, 0.15) is 6.04 Å². The van der Waals surface area contributed by atoms with Crippen LogP contribution in [0.3, 0.4) is 0 Å². The molecule has 5 heteroatoms. The third kappa shape index (κ3) is 2.51. The van der Waals surface area contributed by atoms with Gasteiger partial charge >= 0.3 is 5.97 Å². The number of likely N-dealkylation sites (tertiary alicyclic amines) is 1. The second kappa shape index (κ2) is 5.18. The van der Waals surface area contributed by atoms with Crippen LogP contribution in [0.5, 0.6) is 0 Å². The molecule has 1 saturated heterocycles. The Morgan fingerprint density at radius 1 is 1.22 bits per heavy atom.